The lowest BCUT2D eigenvalue weighted by atomic mass is 10.1. The first kappa shape index (κ1) is 14.4. The molecule has 0 atom stereocenters. The molecule has 0 saturated heterocycles. The van der Waals surface area contributed by atoms with Crippen molar-refractivity contribution in [1.29, 1.82) is 0 Å². The van der Waals surface area contributed by atoms with Crippen LogP contribution in [0, 0.1) is 0 Å². The molecule has 0 aliphatic heterocycles. The fourth-order valence-electron chi connectivity index (χ4n) is 1.84. The second-order valence-electron chi connectivity index (χ2n) is 4.39. The summed E-state index contributed by atoms with van der Waals surface area (Å²) < 4.78 is 24.6. The first-order valence-corrected chi connectivity index (χ1v) is 8.01. The summed E-state index contributed by atoms with van der Waals surface area (Å²) in [6.45, 7) is 2.54. The monoisotopic (exact) mass is 293 g/mol. The summed E-state index contributed by atoms with van der Waals surface area (Å²) >= 11 is 0. The van der Waals surface area contributed by atoms with Gasteiger partial charge in [0.1, 0.15) is 12.2 Å². The minimum Gasteiger partial charge on any atom is -0.294 e. The molecule has 0 aliphatic rings. The van der Waals surface area contributed by atoms with Gasteiger partial charge < -0.3 is 0 Å². The molecule has 106 valence electrons. The van der Waals surface area contributed by atoms with Gasteiger partial charge in [0.2, 0.25) is 0 Å². The number of aryl methyl sites for hydroxylation is 1. The maximum Gasteiger partial charge on any atom is 0.175 e. The molecule has 0 fully saturated rings. The Balaban J connectivity index is 2.26. The van der Waals surface area contributed by atoms with E-state index < -0.39 is 9.84 Å². The van der Waals surface area contributed by atoms with Gasteiger partial charge in [-0.25, -0.2) is 18.1 Å². The third kappa shape index (κ3) is 3.11. The number of carbonyl (C=O) groups excluding carboxylic acids is 1. The molecule has 1 aromatic carbocycles. The normalized spacial score (nSPS) is 11.5. The summed E-state index contributed by atoms with van der Waals surface area (Å²) in [5.41, 5.74) is 0.360. The third-order valence-corrected chi connectivity index (χ3v) is 4.01. The third-order valence-electron chi connectivity index (χ3n) is 2.90. The first-order chi connectivity index (χ1) is 9.41. The lowest BCUT2D eigenvalue weighted by Gasteiger charge is -2.04. The van der Waals surface area contributed by atoms with E-state index in [1.165, 1.54) is 18.5 Å². The zero-order valence-corrected chi connectivity index (χ0v) is 12.1. The number of hydrogen-bond donors (Lipinski definition) is 0. The van der Waals surface area contributed by atoms with Crippen LogP contribution >= 0.6 is 0 Å². The van der Waals surface area contributed by atoms with E-state index in [2.05, 4.69) is 10.1 Å². The molecule has 6 nitrogen and oxygen atoms in total. The Labute approximate surface area is 117 Å². The Morgan fingerprint density at radius 2 is 2.10 bits per heavy atom. The largest absolute Gasteiger partial charge is 0.294 e. The van der Waals surface area contributed by atoms with E-state index in [0.29, 0.717) is 17.9 Å². The molecule has 0 aliphatic carbocycles. The van der Waals surface area contributed by atoms with Crippen molar-refractivity contribution in [2.75, 3.05) is 6.26 Å². The standard InChI is InChI=1S/C13H15N3O3S/c1-3-16-13(14-9-15-16)8-12(17)10-5-4-6-11(7-10)20(2,18)19/h4-7,9H,3,8H2,1-2H3. The number of nitrogens with zero attached hydrogens (tertiary/aromatic N) is 3. The summed E-state index contributed by atoms with van der Waals surface area (Å²) in [5.74, 6) is 0.389. The highest BCUT2D eigenvalue weighted by Crippen LogP contribution is 2.13. The molecule has 0 saturated carbocycles. The minimum atomic E-state index is -3.32. The highest BCUT2D eigenvalue weighted by Gasteiger charge is 2.14. The smallest absolute Gasteiger partial charge is 0.175 e. The van der Waals surface area contributed by atoms with Crippen LogP contribution in [-0.2, 0) is 22.8 Å². The number of hydrogen-bond acceptors (Lipinski definition) is 5. The van der Waals surface area contributed by atoms with Gasteiger partial charge in [0.05, 0.1) is 11.3 Å². The zero-order chi connectivity index (χ0) is 14.8. The fraction of sp³-hybridized carbons (Fsp3) is 0.308. The van der Waals surface area contributed by atoms with Gasteiger partial charge in [-0.1, -0.05) is 12.1 Å². The Morgan fingerprint density at radius 3 is 2.75 bits per heavy atom. The maximum atomic E-state index is 12.2. The van der Waals surface area contributed by atoms with Gasteiger partial charge in [0.15, 0.2) is 15.6 Å². The summed E-state index contributed by atoms with van der Waals surface area (Å²) in [4.78, 5) is 16.4. The van der Waals surface area contributed by atoms with Crippen LogP contribution in [0.5, 0.6) is 0 Å². The number of ketones is 1. The molecular weight excluding hydrogens is 278 g/mol. The minimum absolute atomic E-state index is 0.0983. The Bertz CT molecular complexity index is 735. The summed E-state index contributed by atoms with van der Waals surface area (Å²) in [5, 5.41) is 4.00. The van der Waals surface area contributed by atoms with Crippen LogP contribution < -0.4 is 0 Å². The first-order valence-electron chi connectivity index (χ1n) is 6.12. The van der Waals surface area contributed by atoms with Crippen LogP contribution in [0.2, 0.25) is 0 Å². The molecule has 0 spiro atoms. The second kappa shape index (κ2) is 5.54. The SMILES string of the molecule is CCn1ncnc1CC(=O)c1cccc(S(C)(=O)=O)c1. The van der Waals surface area contributed by atoms with Crippen LogP contribution in [0.1, 0.15) is 23.1 Å². The maximum absolute atomic E-state index is 12.2. The average Bonchev–Trinajstić information content (AvgIpc) is 2.85. The molecular formula is C13H15N3O3S. The lowest BCUT2D eigenvalue weighted by molar-refractivity contribution is 0.0989. The number of carbonyl (C=O) groups is 1. The van der Waals surface area contributed by atoms with E-state index in [1.807, 2.05) is 6.92 Å². The molecule has 7 heteroatoms. The van der Waals surface area contributed by atoms with Crippen LogP contribution in [0.3, 0.4) is 0 Å². The van der Waals surface area contributed by atoms with Crippen molar-refractivity contribution < 1.29 is 13.2 Å². The molecule has 2 rings (SSSR count). The number of benzene rings is 1. The van der Waals surface area contributed by atoms with Gasteiger partial charge in [-0.2, -0.15) is 5.10 Å². The van der Waals surface area contributed by atoms with Crippen molar-refractivity contribution in [2.45, 2.75) is 24.8 Å². The predicted octanol–water partition coefficient (Wildman–Crippen LogP) is 1.13. The lowest BCUT2D eigenvalue weighted by Crippen LogP contribution is -2.11. The van der Waals surface area contributed by atoms with Gasteiger partial charge in [-0.3, -0.25) is 4.79 Å². The van der Waals surface area contributed by atoms with Crippen LogP contribution in [0.25, 0.3) is 0 Å². The highest BCUT2D eigenvalue weighted by molar-refractivity contribution is 7.90. The molecule has 1 aromatic heterocycles. The molecule has 0 bridgehead atoms. The Morgan fingerprint density at radius 1 is 1.35 bits per heavy atom. The van der Waals surface area contributed by atoms with Crippen LogP contribution in [0.15, 0.2) is 35.5 Å². The van der Waals surface area contributed by atoms with Crippen molar-refractivity contribution >= 4 is 15.6 Å². The quantitative estimate of drug-likeness (QED) is 0.772. The van der Waals surface area contributed by atoms with Gasteiger partial charge in [0, 0.05) is 18.4 Å². The van der Waals surface area contributed by atoms with E-state index in [9.17, 15) is 13.2 Å². The topological polar surface area (TPSA) is 81.9 Å². The van der Waals surface area contributed by atoms with Gasteiger partial charge >= 0.3 is 0 Å². The number of aromatic nitrogens is 3. The number of rotatable bonds is 5. The molecule has 1 heterocycles. The van der Waals surface area contributed by atoms with Gasteiger partial charge in [-0.15, -0.1) is 0 Å². The molecule has 2 aromatic rings. The highest BCUT2D eigenvalue weighted by atomic mass is 32.2. The van der Waals surface area contributed by atoms with Crippen LogP contribution in [-0.4, -0.2) is 35.2 Å². The van der Waals surface area contributed by atoms with E-state index in [-0.39, 0.29) is 17.1 Å². The van der Waals surface area contributed by atoms with E-state index in [0.717, 1.165) is 6.26 Å². The van der Waals surface area contributed by atoms with Crippen molar-refractivity contribution in [1.82, 2.24) is 14.8 Å². The van der Waals surface area contributed by atoms with E-state index in [4.69, 9.17) is 0 Å². The Hall–Kier alpha value is -2.02. The van der Waals surface area contributed by atoms with Crippen molar-refractivity contribution in [2.24, 2.45) is 0 Å². The zero-order valence-electron chi connectivity index (χ0n) is 11.3. The number of Topliss-reactive ketones (excluding diaryl/α,β-unsaturated/α-hetero) is 1. The molecule has 0 amide bonds. The van der Waals surface area contributed by atoms with Gasteiger partial charge in [0.25, 0.3) is 0 Å². The number of sulfone groups is 1. The van der Waals surface area contributed by atoms with Crippen molar-refractivity contribution in [3.05, 3.63) is 42.0 Å². The van der Waals surface area contributed by atoms with Crippen LogP contribution in [0.4, 0.5) is 0 Å². The molecule has 20 heavy (non-hydrogen) atoms. The summed E-state index contributed by atoms with van der Waals surface area (Å²) in [7, 11) is -3.32. The fourth-order valence-corrected chi connectivity index (χ4v) is 2.50. The predicted molar refractivity (Wildman–Crippen MR) is 73.3 cm³/mol. The second-order valence-corrected chi connectivity index (χ2v) is 6.41. The van der Waals surface area contributed by atoms with E-state index in [1.54, 1.807) is 16.8 Å². The van der Waals surface area contributed by atoms with E-state index >= 15 is 0 Å². The van der Waals surface area contributed by atoms with Crippen molar-refractivity contribution in [3.8, 4) is 0 Å². The summed E-state index contributed by atoms with van der Waals surface area (Å²) in [6, 6.07) is 6.03. The average molecular weight is 293 g/mol. The van der Waals surface area contributed by atoms with Gasteiger partial charge in [-0.05, 0) is 19.1 Å². The summed E-state index contributed by atoms with van der Waals surface area (Å²) in [6.07, 6.45) is 2.62. The van der Waals surface area contributed by atoms with Crippen molar-refractivity contribution in [3.63, 3.8) is 0 Å². The molecule has 0 radical (unpaired) electrons. The Kier molecular flexibility index (Phi) is 3.99. The molecule has 0 N–H and O–H groups in total. The molecule has 0 unspecified atom stereocenters.